The van der Waals surface area contributed by atoms with Gasteiger partial charge in [-0.3, -0.25) is 5.43 Å². The highest BCUT2D eigenvalue weighted by Crippen LogP contribution is 2.22. The van der Waals surface area contributed by atoms with Crippen LogP contribution in [0.2, 0.25) is 0 Å². The first-order valence-corrected chi connectivity index (χ1v) is 8.69. The standard InChI is InChI=1S/C20H19FN4OS/c1-26-19-7-3-2-6-18(19)23-20(27)24-22-13-17-5-4-12-25(17)14-15-8-10-16(21)11-9-15/h2-13H,14H2,1H3,(H2,23,24,27). The Morgan fingerprint density at radius 2 is 1.93 bits per heavy atom. The van der Waals surface area contributed by atoms with Crippen LogP contribution in [-0.4, -0.2) is 23.0 Å². The number of nitrogens with one attached hydrogen (secondary N) is 2. The van der Waals surface area contributed by atoms with Crippen molar-refractivity contribution in [2.75, 3.05) is 12.4 Å². The number of hydrogen-bond acceptors (Lipinski definition) is 3. The first kappa shape index (κ1) is 18.6. The molecule has 1 heterocycles. The normalized spacial score (nSPS) is 10.7. The minimum Gasteiger partial charge on any atom is -0.495 e. The predicted octanol–water partition coefficient (Wildman–Crippen LogP) is 4.00. The Morgan fingerprint density at radius 1 is 1.15 bits per heavy atom. The summed E-state index contributed by atoms with van der Waals surface area (Å²) in [7, 11) is 1.60. The molecule has 1 aromatic heterocycles. The third-order valence-electron chi connectivity index (χ3n) is 3.85. The van der Waals surface area contributed by atoms with Crippen LogP contribution < -0.4 is 15.5 Å². The summed E-state index contributed by atoms with van der Waals surface area (Å²) < 4.78 is 20.3. The molecule has 0 aliphatic rings. The van der Waals surface area contributed by atoms with Crippen molar-refractivity contribution in [3.05, 3.63) is 83.9 Å². The minimum atomic E-state index is -0.242. The molecule has 0 unspecified atom stereocenters. The summed E-state index contributed by atoms with van der Waals surface area (Å²) in [5.74, 6) is 0.451. The van der Waals surface area contributed by atoms with Gasteiger partial charge in [-0.05, 0) is 54.2 Å². The molecule has 3 aromatic rings. The van der Waals surface area contributed by atoms with Crippen molar-refractivity contribution in [1.29, 1.82) is 0 Å². The van der Waals surface area contributed by atoms with E-state index in [2.05, 4.69) is 15.8 Å². The van der Waals surface area contributed by atoms with Gasteiger partial charge >= 0.3 is 0 Å². The van der Waals surface area contributed by atoms with Crippen LogP contribution in [0.3, 0.4) is 0 Å². The third kappa shape index (κ3) is 5.15. The van der Waals surface area contributed by atoms with Crippen molar-refractivity contribution < 1.29 is 9.13 Å². The molecule has 0 radical (unpaired) electrons. The van der Waals surface area contributed by atoms with E-state index in [1.54, 1.807) is 25.5 Å². The minimum absolute atomic E-state index is 0.242. The fourth-order valence-electron chi connectivity index (χ4n) is 2.53. The van der Waals surface area contributed by atoms with Crippen molar-refractivity contribution in [1.82, 2.24) is 9.99 Å². The number of anilines is 1. The van der Waals surface area contributed by atoms with Crippen molar-refractivity contribution in [3.8, 4) is 5.75 Å². The molecule has 0 spiro atoms. The largest absolute Gasteiger partial charge is 0.495 e. The van der Waals surface area contributed by atoms with Crippen molar-refractivity contribution in [3.63, 3.8) is 0 Å². The van der Waals surface area contributed by atoms with Crippen LogP contribution in [0.1, 0.15) is 11.3 Å². The number of ether oxygens (including phenoxy) is 1. The highest BCUT2D eigenvalue weighted by atomic mass is 32.1. The van der Waals surface area contributed by atoms with Gasteiger partial charge in [0.2, 0.25) is 0 Å². The van der Waals surface area contributed by atoms with Gasteiger partial charge in [0.1, 0.15) is 11.6 Å². The van der Waals surface area contributed by atoms with E-state index in [4.69, 9.17) is 17.0 Å². The number of benzene rings is 2. The summed E-state index contributed by atoms with van der Waals surface area (Å²) in [5.41, 5.74) is 5.45. The first-order chi connectivity index (χ1) is 13.2. The van der Waals surface area contributed by atoms with E-state index >= 15 is 0 Å². The van der Waals surface area contributed by atoms with Gasteiger partial charge < -0.3 is 14.6 Å². The molecule has 2 aromatic carbocycles. The summed E-state index contributed by atoms with van der Waals surface area (Å²) in [6.45, 7) is 0.624. The van der Waals surface area contributed by atoms with E-state index in [0.717, 1.165) is 16.9 Å². The van der Waals surface area contributed by atoms with Crippen LogP contribution in [0.25, 0.3) is 0 Å². The quantitative estimate of drug-likeness (QED) is 0.384. The van der Waals surface area contributed by atoms with Gasteiger partial charge in [0, 0.05) is 12.7 Å². The van der Waals surface area contributed by atoms with E-state index in [-0.39, 0.29) is 5.82 Å². The zero-order valence-corrected chi connectivity index (χ0v) is 15.5. The lowest BCUT2D eigenvalue weighted by Gasteiger charge is -2.11. The molecule has 0 aliphatic heterocycles. The molecular formula is C20H19FN4OS. The predicted molar refractivity (Wildman–Crippen MR) is 110 cm³/mol. The number of halogens is 1. The maximum atomic E-state index is 13.0. The molecule has 0 saturated carbocycles. The number of rotatable bonds is 6. The Balaban J connectivity index is 1.59. The number of methoxy groups -OCH3 is 1. The Hall–Kier alpha value is -3.19. The SMILES string of the molecule is COc1ccccc1NC(=S)NN=Cc1cccn1Cc1ccc(F)cc1. The van der Waals surface area contributed by atoms with Crippen LogP contribution in [0.15, 0.2) is 72.0 Å². The van der Waals surface area contributed by atoms with Gasteiger partial charge in [0.25, 0.3) is 0 Å². The number of thiocarbonyl (C=S) groups is 1. The van der Waals surface area contributed by atoms with Gasteiger partial charge in [-0.2, -0.15) is 5.10 Å². The van der Waals surface area contributed by atoms with Crippen LogP contribution in [0.4, 0.5) is 10.1 Å². The summed E-state index contributed by atoms with van der Waals surface area (Å²) >= 11 is 5.25. The highest BCUT2D eigenvalue weighted by molar-refractivity contribution is 7.80. The van der Waals surface area contributed by atoms with E-state index in [0.29, 0.717) is 17.4 Å². The molecule has 3 rings (SSSR count). The number of para-hydroxylation sites is 2. The Kier molecular flexibility index (Phi) is 6.17. The maximum Gasteiger partial charge on any atom is 0.191 e. The lowest BCUT2D eigenvalue weighted by atomic mass is 10.2. The van der Waals surface area contributed by atoms with E-state index < -0.39 is 0 Å². The zero-order valence-electron chi connectivity index (χ0n) is 14.7. The van der Waals surface area contributed by atoms with Gasteiger partial charge in [-0.15, -0.1) is 0 Å². The smallest absolute Gasteiger partial charge is 0.191 e. The van der Waals surface area contributed by atoms with Gasteiger partial charge in [-0.1, -0.05) is 24.3 Å². The highest BCUT2D eigenvalue weighted by Gasteiger charge is 2.03. The molecule has 27 heavy (non-hydrogen) atoms. The summed E-state index contributed by atoms with van der Waals surface area (Å²) in [4.78, 5) is 0. The van der Waals surface area contributed by atoms with E-state index in [1.165, 1.54) is 12.1 Å². The molecule has 0 fully saturated rings. The van der Waals surface area contributed by atoms with E-state index in [9.17, 15) is 4.39 Å². The van der Waals surface area contributed by atoms with Crippen molar-refractivity contribution in [2.45, 2.75) is 6.54 Å². The summed E-state index contributed by atoms with van der Waals surface area (Å²) in [5, 5.41) is 7.58. The second-order valence-electron chi connectivity index (χ2n) is 5.71. The van der Waals surface area contributed by atoms with E-state index in [1.807, 2.05) is 47.2 Å². The van der Waals surface area contributed by atoms with Crippen LogP contribution >= 0.6 is 12.2 Å². The third-order valence-corrected chi connectivity index (χ3v) is 4.04. The molecule has 0 saturated heterocycles. The molecule has 0 aliphatic carbocycles. The molecule has 5 nitrogen and oxygen atoms in total. The zero-order chi connectivity index (χ0) is 19.1. The number of aromatic nitrogens is 1. The van der Waals surface area contributed by atoms with Gasteiger partial charge in [0.05, 0.1) is 24.7 Å². The lowest BCUT2D eigenvalue weighted by molar-refractivity contribution is 0.417. The average Bonchev–Trinajstić information content (AvgIpc) is 3.11. The molecule has 7 heteroatoms. The second-order valence-corrected chi connectivity index (χ2v) is 6.12. The molecular weight excluding hydrogens is 363 g/mol. The fraction of sp³-hybridized carbons (Fsp3) is 0.100. The second kappa shape index (κ2) is 8.95. The number of hydrazone groups is 1. The lowest BCUT2D eigenvalue weighted by Crippen LogP contribution is -2.24. The van der Waals surface area contributed by atoms with Gasteiger partial charge in [-0.25, -0.2) is 4.39 Å². The van der Waals surface area contributed by atoms with Crippen LogP contribution in [0.5, 0.6) is 5.75 Å². The molecule has 138 valence electrons. The van der Waals surface area contributed by atoms with Crippen molar-refractivity contribution in [2.24, 2.45) is 5.10 Å². The maximum absolute atomic E-state index is 13.0. The molecule has 0 bridgehead atoms. The molecule has 2 N–H and O–H groups in total. The Bertz CT molecular complexity index is 937. The summed E-state index contributed by atoms with van der Waals surface area (Å²) in [6.07, 6.45) is 3.62. The summed E-state index contributed by atoms with van der Waals surface area (Å²) in [6, 6.07) is 17.8. The van der Waals surface area contributed by atoms with Crippen molar-refractivity contribution >= 4 is 29.2 Å². The number of nitrogens with zero attached hydrogens (tertiary/aromatic N) is 2. The molecule has 0 amide bonds. The fourth-order valence-corrected chi connectivity index (χ4v) is 2.69. The average molecular weight is 382 g/mol. The monoisotopic (exact) mass is 382 g/mol. The topological polar surface area (TPSA) is 50.6 Å². The van der Waals surface area contributed by atoms with Crippen LogP contribution in [-0.2, 0) is 6.54 Å². The number of hydrogen-bond donors (Lipinski definition) is 2. The Labute approximate surface area is 162 Å². The first-order valence-electron chi connectivity index (χ1n) is 8.28. The Morgan fingerprint density at radius 3 is 2.70 bits per heavy atom. The molecule has 0 atom stereocenters. The van der Waals surface area contributed by atoms with Crippen LogP contribution in [0, 0.1) is 5.82 Å². The van der Waals surface area contributed by atoms with Gasteiger partial charge in [0.15, 0.2) is 5.11 Å².